The van der Waals surface area contributed by atoms with E-state index in [2.05, 4.69) is 4.84 Å². The molecule has 0 amide bonds. The Hall–Kier alpha value is -1.40. The summed E-state index contributed by atoms with van der Waals surface area (Å²) in [4.78, 5) is 37.5. The zero-order valence-corrected chi connectivity index (χ0v) is 7.78. The number of aromatic amines is 1. The maximum Gasteiger partial charge on any atom is 0.362 e. The van der Waals surface area contributed by atoms with Crippen molar-refractivity contribution in [3.8, 4) is 0 Å². The molecule has 0 fully saturated rings. The van der Waals surface area contributed by atoms with Gasteiger partial charge < -0.3 is 4.84 Å². The smallest absolute Gasteiger partial charge is 0.332 e. The van der Waals surface area contributed by atoms with Crippen LogP contribution in [0.25, 0.3) is 0 Å². The second kappa shape index (κ2) is 4.73. The second-order valence-electron chi connectivity index (χ2n) is 2.14. The fourth-order valence-electron chi connectivity index (χ4n) is 0.638. The van der Waals surface area contributed by atoms with Gasteiger partial charge in [-0.15, -0.1) is 4.73 Å². The quantitative estimate of drug-likeness (QED) is 0.626. The van der Waals surface area contributed by atoms with E-state index in [1.807, 2.05) is 0 Å². The third-order valence-electron chi connectivity index (χ3n) is 1.10. The molecule has 6 nitrogen and oxygen atoms in total. The van der Waals surface area contributed by atoms with Crippen LogP contribution in [-0.2, 0) is 21.9 Å². The predicted molar refractivity (Wildman–Crippen MR) is 38.5 cm³/mol. The van der Waals surface area contributed by atoms with Crippen LogP contribution in [0.3, 0.4) is 0 Å². The van der Waals surface area contributed by atoms with E-state index in [0.29, 0.717) is 10.9 Å². The minimum absolute atomic E-state index is 0. The first-order chi connectivity index (χ1) is 6.00. The number of aromatic nitrogens is 2. The summed E-state index contributed by atoms with van der Waals surface area (Å²) in [5, 5.41) is 0. The van der Waals surface area contributed by atoms with Crippen molar-refractivity contribution >= 4 is 5.97 Å². The van der Waals surface area contributed by atoms with E-state index in [0.717, 1.165) is 6.92 Å². The van der Waals surface area contributed by atoms with E-state index >= 15 is 0 Å². The SMILES string of the molecule is CC(=O)On1cc(F)c(=O)[nH]c1=O.[Cu]. The van der Waals surface area contributed by atoms with Gasteiger partial charge in [0.2, 0.25) is 5.82 Å². The summed E-state index contributed by atoms with van der Waals surface area (Å²) in [6.07, 6.45) is 0.489. The Morgan fingerprint density at radius 3 is 2.64 bits per heavy atom. The molecule has 81 valence electrons. The Morgan fingerprint density at radius 1 is 1.57 bits per heavy atom. The molecule has 0 saturated heterocycles. The van der Waals surface area contributed by atoms with Crippen molar-refractivity contribution in [3.63, 3.8) is 0 Å². The average Bonchev–Trinajstić information content (AvgIpc) is 1.99. The van der Waals surface area contributed by atoms with Gasteiger partial charge in [-0.05, 0) is 0 Å². The Labute approximate surface area is 87.1 Å². The van der Waals surface area contributed by atoms with Crippen molar-refractivity contribution in [2.24, 2.45) is 0 Å². The number of H-pyrrole nitrogens is 1. The van der Waals surface area contributed by atoms with E-state index in [9.17, 15) is 18.8 Å². The molecule has 0 saturated carbocycles. The minimum Gasteiger partial charge on any atom is -0.332 e. The number of carbonyl (C=O) groups excluding carboxylic acids is 1. The van der Waals surface area contributed by atoms with Crippen LogP contribution in [0.4, 0.5) is 4.39 Å². The Morgan fingerprint density at radius 2 is 2.14 bits per heavy atom. The van der Waals surface area contributed by atoms with Crippen LogP contribution in [0.2, 0.25) is 0 Å². The molecular formula is C6H5CuFN2O4. The van der Waals surface area contributed by atoms with Crippen LogP contribution in [0.1, 0.15) is 6.92 Å². The van der Waals surface area contributed by atoms with Gasteiger partial charge in [0, 0.05) is 24.0 Å². The maximum absolute atomic E-state index is 12.5. The molecular weight excluding hydrogens is 247 g/mol. The van der Waals surface area contributed by atoms with E-state index in [1.54, 1.807) is 4.98 Å². The maximum atomic E-state index is 12.5. The fraction of sp³-hybridized carbons (Fsp3) is 0.167. The molecule has 1 heterocycles. The van der Waals surface area contributed by atoms with Gasteiger partial charge in [-0.1, -0.05) is 0 Å². The first-order valence-corrected chi connectivity index (χ1v) is 3.21. The fourth-order valence-corrected chi connectivity index (χ4v) is 0.638. The van der Waals surface area contributed by atoms with E-state index < -0.39 is 23.0 Å². The summed E-state index contributed by atoms with van der Waals surface area (Å²) in [6.45, 7) is 1.04. The molecule has 1 N–H and O–H groups in total. The molecule has 1 aromatic heterocycles. The molecule has 0 atom stereocenters. The van der Waals surface area contributed by atoms with E-state index in [4.69, 9.17) is 0 Å². The normalized spacial score (nSPS) is 9.00. The Balaban J connectivity index is 0.00000169. The van der Waals surface area contributed by atoms with Crippen molar-refractivity contribution in [2.45, 2.75) is 6.92 Å². The predicted octanol–water partition coefficient (Wildman–Crippen LogP) is -1.35. The molecule has 0 aliphatic rings. The van der Waals surface area contributed by atoms with Crippen LogP contribution >= 0.6 is 0 Å². The number of hydrogen-bond acceptors (Lipinski definition) is 4. The van der Waals surface area contributed by atoms with Crippen molar-refractivity contribution in [3.05, 3.63) is 32.9 Å². The third-order valence-corrected chi connectivity index (χ3v) is 1.10. The van der Waals surface area contributed by atoms with Gasteiger partial charge in [0.05, 0.1) is 6.20 Å². The molecule has 1 rings (SSSR count). The number of halogens is 1. The van der Waals surface area contributed by atoms with Crippen LogP contribution in [-0.4, -0.2) is 15.7 Å². The Bertz CT molecular complexity index is 452. The molecule has 0 aromatic carbocycles. The van der Waals surface area contributed by atoms with Gasteiger partial charge in [-0.25, -0.2) is 9.59 Å². The van der Waals surface area contributed by atoms with E-state index in [1.165, 1.54) is 0 Å². The number of carbonyl (C=O) groups is 1. The van der Waals surface area contributed by atoms with Gasteiger partial charge in [0.25, 0.3) is 5.56 Å². The summed E-state index contributed by atoms with van der Waals surface area (Å²) < 4.78 is 12.8. The number of hydrogen-bond donors (Lipinski definition) is 1. The van der Waals surface area contributed by atoms with Crippen molar-refractivity contribution in [2.75, 3.05) is 0 Å². The molecule has 1 aromatic rings. The minimum atomic E-state index is -1.21. The number of nitrogens with one attached hydrogen (secondary N) is 1. The van der Waals surface area contributed by atoms with Crippen molar-refractivity contribution < 1.29 is 31.1 Å². The van der Waals surface area contributed by atoms with Crippen LogP contribution in [0.5, 0.6) is 0 Å². The first-order valence-electron chi connectivity index (χ1n) is 3.21. The molecule has 0 aliphatic carbocycles. The summed E-state index contributed by atoms with van der Waals surface area (Å²) in [6, 6.07) is 0. The molecule has 14 heavy (non-hydrogen) atoms. The number of nitrogens with zero attached hydrogens (tertiary/aromatic N) is 1. The summed E-state index contributed by atoms with van der Waals surface area (Å²) >= 11 is 0. The topological polar surface area (TPSA) is 81.2 Å². The molecule has 0 bridgehead atoms. The molecule has 0 spiro atoms. The van der Waals surface area contributed by atoms with Crippen LogP contribution < -0.4 is 16.1 Å². The van der Waals surface area contributed by atoms with Crippen LogP contribution in [0, 0.1) is 5.82 Å². The largest absolute Gasteiger partial charge is 0.362 e. The summed E-state index contributed by atoms with van der Waals surface area (Å²) in [5.74, 6) is -2.01. The standard InChI is InChI=1S/C6H5FN2O4.Cu/c1-3(10)13-9-2-4(7)5(11)8-6(9)12;/h2H,1H3,(H,8,11,12);. The monoisotopic (exact) mass is 251 g/mol. The zero-order chi connectivity index (χ0) is 10.0. The summed E-state index contributed by atoms with van der Waals surface area (Å²) in [7, 11) is 0. The van der Waals surface area contributed by atoms with Gasteiger partial charge >= 0.3 is 11.7 Å². The first kappa shape index (κ1) is 12.6. The molecule has 8 heteroatoms. The van der Waals surface area contributed by atoms with Gasteiger partial charge in [0.1, 0.15) is 0 Å². The van der Waals surface area contributed by atoms with Gasteiger partial charge in [-0.2, -0.15) is 4.39 Å². The molecule has 1 radical (unpaired) electrons. The molecule has 0 unspecified atom stereocenters. The van der Waals surface area contributed by atoms with Gasteiger partial charge in [0.15, 0.2) is 0 Å². The van der Waals surface area contributed by atoms with Crippen LogP contribution in [0.15, 0.2) is 15.8 Å². The average molecular weight is 252 g/mol. The number of rotatable bonds is 1. The zero-order valence-electron chi connectivity index (χ0n) is 6.84. The third kappa shape index (κ3) is 2.82. The Kier molecular flexibility index (Phi) is 4.26. The second-order valence-corrected chi connectivity index (χ2v) is 2.14. The molecule has 0 aliphatic heterocycles. The van der Waals surface area contributed by atoms with Gasteiger partial charge in [-0.3, -0.25) is 9.78 Å². The van der Waals surface area contributed by atoms with Crippen molar-refractivity contribution in [1.82, 2.24) is 9.71 Å². The van der Waals surface area contributed by atoms with Crippen molar-refractivity contribution in [1.29, 1.82) is 0 Å². The van der Waals surface area contributed by atoms with E-state index in [-0.39, 0.29) is 17.1 Å². The summed E-state index contributed by atoms with van der Waals surface area (Å²) in [5.41, 5.74) is -2.17.